The monoisotopic (exact) mass is 191 g/mol. The maximum absolute atomic E-state index is 5.63. The van der Waals surface area contributed by atoms with Gasteiger partial charge in [-0.3, -0.25) is 0 Å². The van der Waals surface area contributed by atoms with Crippen LogP contribution in [0.25, 0.3) is 0 Å². The molecule has 0 radical (unpaired) electrons. The highest BCUT2D eigenvalue weighted by Gasteiger charge is 2.23. The molecule has 4 heteroatoms. The Hall–Kier alpha value is -0.280. The van der Waals surface area contributed by atoms with E-state index in [0.717, 1.165) is 12.1 Å². The predicted molar refractivity (Wildman–Crippen MR) is 48.7 cm³/mol. The number of ether oxygens (including phenoxy) is 1. The standard InChI is InChI=1S/C8H14ClNO2/c1-6(5-11-2)8-3-7(4-9)12-10-8/h6-7H,3-5H2,1-2H3. The van der Waals surface area contributed by atoms with Gasteiger partial charge in [0.2, 0.25) is 0 Å². The third-order valence-electron chi connectivity index (χ3n) is 1.91. The van der Waals surface area contributed by atoms with Crippen molar-refractivity contribution < 1.29 is 9.57 Å². The Morgan fingerprint density at radius 1 is 1.83 bits per heavy atom. The largest absolute Gasteiger partial charge is 0.391 e. The summed E-state index contributed by atoms with van der Waals surface area (Å²) in [5.41, 5.74) is 1.06. The molecule has 1 rings (SSSR count). The number of nitrogens with zero attached hydrogens (tertiary/aromatic N) is 1. The summed E-state index contributed by atoms with van der Waals surface area (Å²) in [4.78, 5) is 5.08. The van der Waals surface area contributed by atoms with E-state index in [0.29, 0.717) is 18.4 Å². The number of alkyl halides is 1. The summed E-state index contributed by atoms with van der Waals surface area (Å²) in [6.07, 6.45) is 0.912. The lowest BCUT2D eigenvalue weighted by molar-refractivity contribution is 0.102. The Kier molecular flexibility index (Phi) is 3.82. The molecule has 0 aromatic rings. The Morgan fingerprint density at radius 2 is 2.58 bits per heavy atom. The third kappa shape index (κ3) is 2.35. The van der Waals surface area contributed by atoms with Gasteiger partial charge in [-0.2, -0.15) is 0 Å². The molecule has 3 nitrogen and oxygen atoms in total. The van der Waals surface area contributed by atoms with E-state index >= 15 is 0 Å². The maximum Gasteiger partial charge on any atom is 0.146 e. The van der Waals surface area contributed by atoms with Crippen LogP contribution >= 0.6 is 11.6 Å². The molecular weight excluding hydrogens is 178 g/mol. The topological polar surface area (TPSA) is 30.8 Å². The van der Waals surface area contributed by atoms with Gasteiger partial charge in [-0.15, -0.1) is 11.6 Å². The SMILES string of the molecule is COCC(C)C1=NOC(CCl)C1. The lowest BCUT2D eigenvalue weighted by atomic mass is 10.0. The van der Waals surface area contributed by atoms with Crippen molar-refractivity contribution in [3.8, 4) is 0 Å². The molecule has 0 bridgehead atoms. The summed E-state index contributed by atoms with van der Waals surface area (Å²) in [6.45, 7) is 2.76. The first-order valence-electron chi connectivity index (χ1n) is 4.05. The normalized spacial score (nSPS) is 24.9. The van der Waals surface area contributed by atoms with E-state index in [4.69, 9.17) is 21.2 Å². The molecule has 0 spiro atoms. The van der Waals surface area contributed by atoms with Crippen LogP contribution < -0.4 is 0 Å². The second-order valence-electron chi connectivity index (χ2n) is 3.02. The van der Waals surface area contributed by atoms with Crippen LogP contribution in [-0.4, -0.2) is 31.4 Å². The maximum atomic E-state index is 5.63. The van der Waals surface area contributed by atoms with Crippen LogP contribution in [0.1, 0.15) is 13.3 Å². The minimum atomic E-state index is 0.0703. The second kappa shape index (κ2) is 4.67. The van der Waals surface area contributed by atoms with Crippen molar-refractivity contribution in [1.82, 2.24) is 0 Å². The van der Waals surface area contributed by atoms with Crippen molar-refractivity contribution in [2.75, 3.05) is 19.6 Å². The molecule has 1 heterocycles. The zero-order valence-corrected chi connectivity index (χ0v) is 8.17. The lowest BCUT2D eigenvalue weighted by Gasteiger charge is -2.07. The summed E-state index contributed by atoms with van der Waals surface area (Å²) in [5.74, 6) is 0.843. The van der Waals surface area contributed by atoms with Crippen LogP contribution in [0.5, 0.6) is 0 Å². The van der Waals surface area contributed by atoms with Gasteiger partial charge in [-0.05, 0) is 0 Å². The number of hydrogen-bond donors (Lipinski definition) is 0. The predicted octanol–water partition coefficient (Wildman–Crippen LogP) is 1.65. The van der Waals surface area contributed by atoms with Gasteiger partial charge in [0.15, 0.2) is 0 Å². The fraction of sp³-hybridized carbons (Fsp3) is 0.875. The van der Waals surface area contributed by atoms with E-state index in [1.807, 2.05) is 0 Å². The lowest BCUT2D eigenvalue weighted by Crippen LogP contribution is -2.17. The van der Waals surface area contributed by atoms with Crippen molar-refractivity contribution in [2.24, 2.45) is 11.1 Å². The van der Waals surface area contributed by atoms with Crippen LogP contribution in [-0.2, 0) is 9.57 Å². The fourth-order valence-corrected chi connectivity index (χ4v) is 1.34. The minimum Gasteiger partial charge on any atom is -0.391 e. The Balaban J connectivity index is 2.34. The van der Waals surface area contributed by atoms with E-state index < -0.39 is 0 Å². The number of hydrogen-bond acceptors (Lipinski definition) is 3. The molecule has 0 amide bonds. The molecule has 2 unspecified atom stereocenters. The van der Waals surface area contributed by atoms with Crippen LogP contribution in [0.3, 0.4) is 0 Å². The van der Waals surface area contributed by atoms with Crippen molar-refractivity contribution >= 4 is 17.3 Å². The number of rotatable bonds is 4. The van der Waals surface area contributed by atoms with E-state index in [-0.39, 0.29) is 6.10 Å². The smallest absolute Gasteiger partial charge is 0.146 e. The van der Waals surface area contributed by atoms with Gasteiger partial charge in [-0.1, -0.05) is 12.1 Å². The molecular formula is C8H14ClNO2. The van der Waals surface area contributed by atoms with Crippen LogP contribution in [0.15, 0.2) is 5.16 Å². The van der Waals surface area contributed by atoms with Crippen LogP contribution in [0.4, 0.5) is 0 Å². The molecule has 1 aliphatic heterocycles. The van der Waals surface area contributed by atoms with E-state index in [9.17, 15) is 0 Å². The van der Waals surface area contributed by atoms with Crippen molar-refractivity contribution in [2.45, 2.75) is 19.4 Å². The highest BCUT2D eigenvalue weighted by molar-refractivity contribution is 6.18. The quantitative estimate of drug-likeness (QED) is 0.633. The molecule has 0 N–H and O–H groups in total. The summed E-state index contributed by atoms with van der Waals surface area (Å²) in [6, 6.07) is 0. The molecule has 0 aliphatic carbocycles. The second-order valence-corrected chi connectivity index (χ2v) is 3.33. The van der Waals surface area contributed by atoms with E-state index in [1.165, 1.54) is 0 Å². The average Bonchev–Trinajstić information content (AvgIpc) is 2.52. The van der Waals surface area contributed by atoms with Crippen LogP contribution in [0, 0.1) is 5.92 Å². The van der Waals surface area contributed by atoms with Gasteiger partial charge in [0, 0.05) is 19.4 Å². The average molecular weight is 192 g/mol. The van der Waals surface area contributed by atoms with Crippen molar-refractivity contribution in [3.05, 3.63) is 0 Å². The Morgan fingerprint density at radius 3 is 3.08 bits per heavy atom. The Labute approximate surface area is 77.7 Å². The Bertz CT molecular complexity index is 172. The van der Waals surface area contributed by atoms with Gasteiger partial charge >= 0.3 is 0 Å². The minimum absolute atomic E-state index is 0.0703. The van der Waals surface area contributed by atoms with Gasteiger partial charge in [-0.25, -0.2) is 0 Å². The highest BCUT2D eigenvalue weighted by Crippen LogP contribution is 2.17. The molecule has 2 atom stereocenters. The number of methoxy groups -OCH3 is 1. The molecule has 1 aliphatic rings. The van der Waals surface area contributed by atoms with E-state index in [2.05, 4.69) is 12.1 Å². The zero-order valence-electron chi connectivity index (χ0n) is 7.42. The number of halogens is 1. The first kappa shape index (κ1) is 9.81. The molecule has 0 aromatic carbocycles. The number of oxime groups is 1. The van der Waals surface area contributed by atoms with Gasteiger partial charge in [0.25, 0.3) is 0 Å². The highest BCUT2D eigenvalue weighted by atomic mass is 35.5. The summed E-state index contributed by atoms with van der Waals surface area (Å²) in [5, 5.41) is 3.96. The molecule has 0 fully saturated rings. The van der Waals surface area contributed by atoms with Crippen molar-refractivity contribution in [1.29, 1.82) is 0 Å². The first-order valence-corrected chi connectivity index (χ1v) is 4.58. The van der Waals surface area contributed by atoms with Gasteiger partial charge in [0.1, 0.15) is 6.10 Å². The summed E-state index contributed by atoms with van der Waals surface area (Å²) >= 11 is 5.63. The molecule has 0 saturated heterocycles. The molecule has 70 valence electrons. The third-order valence-corrected chi connectivity index (χ3v) is 2.26. The summed E-state index contributed by atoms with van der Waals surface area (Å²) < 4.78 is 5.02. The molecule has 0 aromatic heterocycles. The van der Waals surface area contributed by atoms with Crippen molar-refractivity contribution in [3.63, 3.8) is 0 Å². The van der Waals surface area contributed by atoms with Gasteiger partial charge in [0.05, 0.1) is 18.2 Å². The first-order chi connectivity index (χ1) is 5.77. The molecule has 0 saturated carbocycles. The zero-order chi connectivity index (χ0) is 8.97. The van der Waals surface area contributed by atoms with Crippen LogP contribution in [0.2, 0.25) is 0 Å². The molecule has 12 heavy (non-hydrogen) atoms. The summed E-state index contributed by atoms with van der Waals surface area (Å²) in [7, 11) is 1.69. The van der Waals surface area contributed by atoms with Gasteiger partial charge < -0.3 is 9.57 Å². The fourth-order valence-electron chi connectivity index (χ4n) is 1.17. The van der Waals surface area contributed by atoms with E-state index in [1.54, 1.807) is 7.11 Å².